The standard InChI is InChI=1S/C23H34ClN3O2/c1-4-13-29-18-5-9-23(3,10-6-18)26-11-7-17(8-12-26)27-21-14-16(2)19(24)15-20(21)25-22(27)28/h14-15,17-18H,4-13H2,1-3H3,(H,25,28). The molecule has 1 aliphatic carbocycles. The van der Waals surface area contributed by atoms with Crippen LogP contribution >= 0.6 is 11.6 Å². The maximum absolute atomic E-state index is 12.7. The van der Waals surface area contributed by atoms with Crippen molar-refractivity contribution in [2.45, 2.75) is 83.4 Å². The number of fused-ring (bicyclic) bond motifs is 1. The molecule has 2 aliphatic rings. The number of ether oxygens (including phenoxy) is 1. The van der Waals surface area contributed by atoms with Crippen LogP contribution in [0.4, 0.5) is 0 Å². The van der Waals surface area contributed by atoms with Crippen LogP contribution in [-0.4, -0.2) is 45.8 Å². The zero-order chi connectivity index (χ0) is 20.6. The Hall–Kier alpha value is -1.30. The van der Waals surface area contributed by atoms with E-state index in [9.17, 15) is 4.79 Å². The van der Waals surface area contributed by atoms with E-state index in [1.807, 2.05) is 23.6 Å². The van der Waals surface area contributed by atoms with Crippen molar-refractivity contribution in [3.8, 4) is 0 Å². The van der Waals surface area contributed by atoms with Crippen molar-refractivity contribution < 1.29 is 4.74 Å². The summed E-state index contributed by atoms with van der Waals surface area (Å²) < 4.78 is 7.95. The molecule has 29 heavy (non-hydrogen) atoms. The highest BCUT2D eigenvalue weighted by Crippen LogP contribution is 2.38. The minimum atomic E-state index is -0.0140. The number of nitrogens with one attached hydrogen (secondary N) is 1. The number of benzene rings is 1. The first kappa shape index (κ1) is 21.0. The van der Waals surface area contributed by atoms with Gasteiger partial charge in [0, 0.05) is 36.3 Å². The summed E-state index contributed by atoms with van der Waals surface area (Å²) in [5.74, 6) is 0. The SMILES string of the molecule is CCCOC1CCC(C)(N2CCC(n3c(=O)[nH]c4cc(Cl)c(C)cc43)CC2)CC1. The molecule has 0 spiro atoms. The fourth-order valence-corrected chi connectivity index (χ4v) is 5.42. The highest BCUT2D eigenvalue weighted by Gasteiger charge is 2.38. The second-order valence-corrected chi connectivity index (χ2v) is 9.61. The van der Waals surface area contributed by atoms with Gasteiger partial charge in [0.15, 0.2) is 0 Å². The van der Waals surface area contributed by atoms with Crippen molar-refractivity contribution in [2.24, 2.45) is 0 Å². The molecule has 0 bridgehead atoms. The van der Waals surface area contributed by atoms with E-state index in [1.165, 1.54) is 25.7 Å². The summed E-state index contributed by atoms with van der Waals surface area (Å²) in [4.78, 5) is 18.3. The summed E-state index contributed by atoms with van der Waals surface area (Å²) in [5, 5.41) is 0.701. The molecule has 1 N–H and O–H groups in total. The quantitative estimate of drug-likeness (QED) is 0.737. The number of aromatic nitrogens is 2. The lowest BCUT2D eigenvalue weighted by atomic mass is 9.79. The van der Waals surface area contributed by atoms with Gasteiger partial charge >= 0.3 is 5.69 Å². The topological polar surface area (TPSA) is 50.3 Å². The van der Waals surface area contributed by atoms with E-state index in [0.29, 0.717) is 11.1 Å². The van der Waals surface area contributed by atoms with Crippen LogP contribution in [-0.2, 0) is 4.74 Å². The van der Waals surface area contributed by atoms with Gasteiger partial charge in [0.25, 0.3) is 0 Å². The van der Waals surface area contributed by atoms with Crippen LogP contribution in [0.3, 0.4) is 0 Å². The molecule has 2 fully saturated rings. The Kier molecular flexibility index (Phi) is 6.10. The second kappa shape index (κ2) is 8.44. The van der Waals surface area contributed by atoms with Crippen LogP contribution in [0.15, 0.2) is 16.9 Å². The Morgan fingerprint density at radius 3 is 2.55 bits per heavy atom. The Bertz CT molecular complexity index is 903. The molecule has 0 radical (unpaired) electrons. The molecular formula is C23H34ClN3O2. The van der Waals surface area contributed by atoms with Crippen LogP contribution < -0.4 is 5.69 Å². The molecule has 5 nitrogen and oxygen atoms in total. The van der Waals surface area contributed by atoms with Gasteiger partial charge in [-0.3, -0.25) is 9.47 Å². The molecule has 1 saturated heterocycles. The highest BCUT2D eigenvalue weighted by molar-refractivity contribution is 6.32. The van der Waals surface area contributed by atoms with Gasteiger partial charge in [0.2, 0.25) is 0 Å². The van der Waals surface area contributed by atoms with Gasteiger partial charge in [0.05, 0.1) is 17.1 Å². The lowest BCUT2D eigenvalue weighted by molar-refractivity contribution is -0.0305. The number of hydrogen-bond acceptors (Lipinski definition) is 3. The third-order valence-corrected chi connectivity index (χ3v) is 7.56. The number of H-pyrrole nitrogens is 1. The van der Waals surface area contributed by atoms with Gasteiger partial charge < -0.3 is 9.72 Å². The zero-order valence-corrected chi connectivity index (χ0v) is 18.7. The molecule has 0 amide bonds. The monoisotopic (exact) mass is 419 g/mol. The Balaban J connectivity index is 1.43. The third kappa shape index (κ3) is 4.14. The first-order valence-electron chi connectivity index (χ1n) is 11.2. The fourth-order valence-electron chi connectivity index (χ4n) is 5.26. The van der Waals surface area contributed by atoms with Crippen molar-refractivity contribution in [1.82, 2.24) is 14.5 Å². The Morgan fingerprint density at radius 2 is 1.90 bits per heavy atom. The lowest BCUT2D eigenvalue weighted by Gasteiger charge is -2.48. The number of aromatic amines is 1. The number of halogens is 1. The highest BCUT2D eigenvalue weighted by atomic mass is 35.5. The summed E-state index contributed by atoms with van der Waals surface area (Å²) >= 11 is 6.25. The third-order valence-electron chi connectivity index (χ3n) is 7.16. The number of aryl methyl sites for hydroxylation is 1. The molecule has 1 aromatic heterocycles. The first-order chi connectivity index (χ1) is 13.9. The van der Waals surface area contributed by atoms with Crippen LogP contribution in [0.1, 0.15) is 70.4 Å². The van der Waals surface area contributed by atoms with E-state index >= 15 is 0 Å². The summed E-state index contributed by atoms with van der Waals surface area (Å²) in [5.41, 5.74) is 3.09. The van der Waals surface area contributed by atoms with Crippen molar-refractivity contribution >= 4 is 22.6 Å². The van der Waals surface area contributed by atoms with Crippen molar-refractivity contribution in [3.63, 3.8) is 0 Å². The first-order valence-corrected chi connectivity index (χ1v) is 11.6. The fraction of sp³-hybridized carbons (Fsp3) is 0.696. The molecule has 160 valence electrons. The van der Waals surface area contributed by atoms with Gasteiger partial charge in [-0.05, 0) is 76.5 Å². The zero-order valence-electron chi connectivity index (χ0n) is 18.0. The number of imidazole rings is 1. The van der Waals surface area contributed by atoms with Gasteiger partial charge in [-0.25, -0.2) is 4.79 Å². The van der Waals surface area contributed by atoms with Crippen molar-refractivity contribution in [1.29, 1.82) is 0 Å². The molecule has 1 saturated carbocycles. The summed E-state index contributed by atoms with van der Waals surface area (Å²) in [7, 11) is 0. The molecule has 0 atom stereocenters. The van der Waals surface area contributed by atoms with E-state index < -0.39 is 0 Å². The maximum atomic E-state index is 12.7. The molecule has 2 aromatic rings. The number of likely N-dealkylation sites (tertiary alicyclic amines) is 1. The predicted molar refractivity (Wildman–Crippen MR) is 119 cm³/mol. The maximum Gasteiger partial charge on any atom is 0.326 e. The molecule has 1 aliphatic heterocycles. The average Bonchev–Trinajstić information content (AvgIpc) is 3.02. The van der Waals surface area contributed by atoms with Crippen LogP contribution in [0.2, 0.25) is 5.02 Å². The van der Waals surface area contributed by atoms with E-state index in [4.69, 9.17) is 16.3 Å². The summed E-state index contributed by atoms with van der Waals surface area (Å²) in [6.07, 6.45) is 8.31. The predicted octanol–water partition coefficient (Wildman–Crippen LogP) is 5.06. The normalized spacial score (nSPS) is 27.0. The Morgan fingerprint density at radius 1 is 1.21 bits per heavy atom. The second-order valence-electron chi connectivity index (χ2n) is 9.20. The average molecular weight is 420 g/mol. The van der Waals surface area contributed by atoms with Gasteiger partial charge in [-0.1, -0.05) is 18.5 Å². The molecular weight excluding hydrogens is 386 g/mol. The van der Waals surface area contributed by atoms with Crippen LogP contribution in [0.5, 0.6) is 0 Å². The van der Waals surface area contributed by atoms with Crippen molar-refractivity contribution in [2.75, 3.05) is 19.7 Å². The number of rotatable bonds is 5. The smallest absolute Gasteiger partial charge is 0.326 e. The van der Waals surface area contributed by atoms with Gasteiger partial charge in [0.1, 0.15) is 0 Å². The minimum absolute atomic E-state index is 0.0140. The molecule has 1 aromatic carbocycles. The molecule has 0 unspecified atom stereocenters. The van der Waals surface area contributed by atoms with Crippen LogP contribution in [0, 0.1) is 6.92 Å². The number of hydrogen-bond donors (Lipinski definition) is 1. The van der Waals surface area contributed by atoms with E-state index in [1.54, 1.807) is 0 Å². The summed E-state index contributed by atoms with van der Waals surface area (Å²) in [6.45, 7) is 9.57. The lowest BCUT2D eigenvalue weighted by Crippen LogP contribution is -2.53. The minimum Gasteiger partial charge on any atom is -0.378 e. The summed E-state index contributed by atoms with van der Waals surface area (Å²) in [6, 6.07) is 4.17. The molecule has 2 heterocycles. The van der Waals surface area contributed by atoms with E-state index in [-0.39, 0.29) is 17.3 Å². The van der Waals surface area contributed by atoms with Crippen molar-refractivity contribution in [3.05, 3.63) is 33.2 Å². The number of piperidine rings is 1. The molecule has 4 rings (SSSR count). The Labute approximate surface area is 178 Å². The largest absolute Gasteiger partial charge is 0.378 e. The van der Waals surface area contributed by atoms with Gasteiger partial charge in [-0.2, -0.15) is 0 Å². The van der Waals surface area contributed by atoms with E-state index in [2.05, 4.69) is 23.7 Å². The van der Waals surface area contributed by atoms with E-state index in [0.717, 1.165) is 55.6 Å². The van der Waals surface area contributed by atoms with Gasteiger partial charge in [-0.15, -0.1) is 0 Å². The molecule has 6 heteroatoms. The van der Waals surface area contributed by atoms with Crippen LogP contribution in [0.25, 0.3) is 11.0 Å². The number of nitrogens with zero attached hydrogens (tertiary/aromatic N) is 2.